The zero-order valence-corrected chi connectivity index (χ0v) is 15.5. The molecule has 3 saturated heterocycles. The highest BCUT2D eigenvalue weighted by molar-refractivity contribution is 6.20. The monoisotopic (exact) mass is 360 g/mol. The van der Waals surface area contributed by atoms with Crippen LogP contribution in [0.5, 0.6) is 5.75 Å². The second-order valence-electron chi connectivity index (χ2n) is 7.42. The molecule has 2 aromatic rings. The number of rotatable bonds is 4. The number of alkyl halides is 1. The molecule has 3 aliphatic rings. The van der Waals surface area contributed by atoms with Crippen LogP contribution in [0.2, 0.25) is 0 Å². The Morgan fingerprint density at radius 1 is 1.36 bits per heavy atom. The van der Waals surface area contributed by atoms with Crippen molar-refractivity contribution in [2.75, 3.05) is 20.2 Å². The van der Waals surface area contributed by atoms with E-state index >= 15 is 0 Å². The fourth-order valence-electron chi connectivity index (χ4n) is 4.70. The standard InChI is InChI=1S/C20H25ClN2O2/c1-12(21)17-11-23-8-6-13(17)9-19(23)20(24)15-5-7-22-18-4-3-14(25-2)10-16(15)18/h3-5,7,10,12-13,17,19-20,24H,6,8-9,11H2,1-2H3/t12?,13-,17-,19+,20-/m1/s1. The van der Waals surface area contributed by atoms with Gasteiger partial charge in [-0.25, -0.2) is 0 Å². The molecule has 1 aromatic carbocycles. The Morgan fingerprint density at radius 2 is 2.20 bits per heavy atom. The summed E-state index contributed by atoms with van der Waals surface area (Å²) in [5.74, 6) is 1.93. The lowest BCUT2D eigenvalue weighted by atomic mass is 9.72. The van der Waals surface area contributed by atoms with Crippen LogP contribution in [0, 0.1) is 11.8 Å². The Labute approximate surface area is 153 Å². The number of halogens is 1. The molecule has 0 amide bonds. The summed E-state index contributed by atoms with van der Waals surface area (Å²) < 4.78 is 5.36. The van der Waals surface area contributed by atoms with Crippen LogP contribution in [0.4, 0.5) is 0 Å². The topological polar surface area (TPSA) is 45.6 Å². The van der Waals surface area contributed by atoms with Crippen LogP contribution in [0.1, 0.15) is 31.4 Å². The Bertz CT molecular complexity index is 766. The number of methoxy groups -OCH3 is 1. The van der Waals surface area contributed by atoms with Crippen molar-refractivity contribution >= 4 is 22.5 Å². The lowest BCUT2D eigenvalue weighted by Gasteiger charge is -2.52. The van der Waals surface area contributed by atoms with Crippen molar-refractivity contribution in [1.82, 2.24) is 9.88 Å². The van der Waals surface area contributed by atoms with Crippen LogP contribution in [0.15, 0.2) is 30.5 Å². The second-order valence-corrected chi connectivity index (χ2v) is 8.10. The lowest BCUT2D eigenvalue weighted by molar-refractivity contribution is -0.0553. The van der Waals surface area contributed by atoms with E-state index in [0.29, 0.717) is 11.8 Å². The Kier molecular flexibility index (Phi) is 4.61. The number of aliphatic hydroxyl groups excluding tert-OH is 1. The van der Waals surface area contributed by atoms with E-state index in [4.69, 9.17) is 16.3 Å². The first kappa shape index (κ1) is 17.1. The molecule has 3 aliphatic heterocycles. The maximum absolute atomic E-state index is 11.2. The Hall–Kier alpha value is -1.36. The van der Waals surface area contributed by atoms with E-state index in [1.807, 2.05) is 24.3 Å². The lowest BCUT2D eigenvalue weighted by Crippen LogP contribution is -2.56. The first-order valence-electron chi connectivity index (χ1n) is 9.07. The summed E-state index contributed by atoms with van der Waals surface area (Å²) in [5, 5.41) is 12.4. The van der Waals surface area contributed by atoms with Gasteiger partial charge in [0.25, 0.3) is 0 Å². The van der Waals surface area contributed by atoms with Gasteiger partial charge in [-0.05, 0) is 68.0 Å². The van der Waals surface area contributed by atoms with Crippen molar-refractivity contribution in [1.29, 1.82) is 0 Å². The van der Waals surface area contributed by atoms with E-state index in [0.717, 1.165) is 41.7 Å². The molecule has 0 spiro atoms. The molecule has 134 valence electrons. The van der Waals surface area contributed by atoms with Gasteiger partial charge in [0.2, 0.25) is 0 Å². The van der Waals surface area contributed by atoms with Crippen molar-refractivity contribution in [3.63, 3.8) is 0 Å². The van der Waals surface area contributed by atoms with E-state index in [9.17, 15) is 5.11 Å². The first-order valence-corrected chi connectivity index (χ1v) is 9.51. The van der Waals surface area contributed by atoms with E-state index in [1.54, 1.807) is 13.3 Å². The highest BCUT2D eigenvalue weighted by Crippen LogP contribution is 2.43. The summed E-state index contributed by atoms with van der Waals surface area (Å²) in [7, 11) is 1.66. The number of ether oxygens (including phenoxy) is 1. The molecule has 0 radical (unpaired) electrons. The van der Waals surface area contributed by atoms with E-state index < -0.39 is 6.10 Å². The summed E-state index contributed by atoms with van der Waals surface area (Å²) >= 11 is 6.40. The summed E-state index contributed by atoms with van der Waals surface area (Å²) in [5.41, 5.74) is 1.83. The fraction of sp³-hybridized carbons (Fsp3) is 0.550. The molecule has 1 aromatic heterocycles. The van der Waals surface area contributed by atoms with Crippen molar-refractivity contribution in [2.24, 2.45) is 11.8 Å². The summed E-state index contributed by atoms with van der Waals surface area (Å²) in [6.45, 7) is 4.14. The number of hydrogen-bond donors (Lipinski definition) is 1. The maximum atomic E-state index is 11.2. The van der Waals surface area contributed by atoms with Gasteiger partial charge in [-0.1, -0.05) is 0 Å². The third kappa shape index (κ3) is 3.01. The molecule has 4 nitrogen and oxygen atoms in total. The molecular formula is C20H25ClN2O2. The van der Waals surface area contributed by atoms with Gasteiger partial charge in [0.1, 0.15) is 5.75 Å². The van der Waals surface area contributed by atoms with Gasteiger partial charge in [-0.2, -0.15) is 0 Å². The average Bonchev–Trinajstić information content (AvgIpc) is 2.66. The van der Waals surface area contributed by atoms with E-state index in [2.05, 4.69) is 16.8 Å². The number of pyridine rings is 1. The van der Waals surface area contributed by atoms with E-state index in [1.165, 1.54) is 6.42 Å². The van der Waals surface area contributed by atoms with Crippen LogP contribution in [-0.2, 0) is 0 Å². The number of hydrogen-bond acceptors (Lipinski definition) is 4. The van der Waals surface area contributed by atoms with Crippen LogP contribution in [0.3, 0.4) is 0 Å². The number of piperidine rings is 3. The van der Waals surface area contributed by atoms with Crippen LogP contribution < -0.4 is 4.74 Å². The van der Waals surface area contributed by atoms with Gasteiger partial charge in [0, 0.05) is 29.5 Å². The predicted octanol–water partition coefficient (Wildman–Crippen LogP) is 3.61. The fourth-order valence-corrected chi connectivity index (χ4v) is 4.98. The molecule has 6 atom stereocenters. The highest BCUT2D eigenvalue weighted by atomic mass is 35.5. The number of nitrogens with zero attached hydrogens (tertiary/aromatic N) is 2. The zero-order valence-electron chi connectivity index (χ0n) is 14.7. The van der Waals surface area contributed by atoms with Crippen molar-refractivity contribution in [2.45, 2.75) is 37.3 Å². The van der Waals surface area contributed by atoms with Crippen LogP contribution in [0.25, 0.3) is 10.9 Å². The van der Waals surface area contributed by atoms with Crippen LogP contribution >= 0.6 is 11.6 Å². The number of aliphatic hydroxyl groups is 1. The van der Waals surface area contributed by atoms with Crippen molar-refractivity contribution in [3.05, 3.63) is 36.0 Å². The largest absolute Gasteiger partial charge is 0.497 e. The van der Waals surface area contributed by atoms with Gasteiger partial charge in [0.05, 0.1) is 18.7 Å². The smallest absolute Gasteiger partial charge is 0.119 e. The quantitative estimate of drug-likeness (QED) is 0.846. The summed E-state index contributed by atoms with van der Waals surface area (Å²) in [6, 6.07) is 7.92. The molecule has 0 aliphatic carbocycles. The molecule has 1 N–H and O–H groups in total. The molecule has 2 unspecified atom stereocenters. The number of fused-ring (bicyclic) bond motifs is 4. The SMILES string of the molecule is COc1ccc2nccc([C@@H](O)[C@@H]3C[C@H]4CCN3C[C@@H]4C(C)Cl)c2c1. The normalized spacial score (nSPS) is 31.0. The molecule has 5 heteroatoms. The first-order chi connectivity index (χ1) is 12.1. The molecule has 5 rings (SSSR count). The molecule has 3 fully saturated rings. The Balaban J connectivity index is 1.66. The molecule has 2 bridgehead atoms. The predicted molar refractivity (Wildman–Crippen MR) is 100 cm³/mol. The maximum Gasteiger partial charge on any atom is 0.119 e. The average molecular weight is 361 g/mol. The Morgan fingerprint density at radius 3 is 2.88 bits per heavy atom. The molecule has 25 heavy (non-hydrogen) atoms. The third-order valence-electron chi connectivity index (χ3n) is 6.11. The minimum Gasteiger partial charge on any atom is -0.497 e. The minimum absolute atomic E-state index is 0.155. The zero-order chi connectivity index (χ0) is 17.6. The highest BCUT2D eigenvalue weighted by Gasteiger charge is 2.44. The molecule has 4 heterocycles. The van der Waals surface area contributed by atoms with Gasteiger partial charge in [0.15, 0.2) is 0 Å². The van der Waals surface area contributed by atoms with Gasteiger partial charge in [-0.3, -0.25) is 9.88 Å². The van der Waals surface area contributed by atoms with Gasteiger partial charge < -0.3 is 9.84 Å². The number of benzene rings is 1. The molecule has 0 saturated carbocycles. The van der Waals surface area contributed by atoms with Crippen LogP contribution in [-0.4, -0.2) is 46.6 Å². The van der Waals surface area contributed by atoms with Gasteiger partial charge in [-0.15, -0.1) is 11.6 Å². The van der Waals surface area contributed by atoms with Crippen molar-refractivity contribution in [3.8, 4) is 5.75 Å². The minimum atomic E-state index is -0.521. The van der Waals surface area contributed by atoms with Crippen molar-refractivity contribution < 1.29 is 9.84 Å². The second kappa shape index (κ2) is 6.75. The summed E-state index contributed by atoms with van der Waals surface area (Å²) in [6.07, 6.45) is 3.46. The third-order valence-corrected chi connectivity index (χ3v) is 6.43. The van der Waals surface area contributed by atoms with E-state index in [-0.39, 0.29) is 11.4 Å². The summed E-state index contributed by atoms with van der Waals surface area (Å²) in [4.78, 5) is 6.86. The molecular weight excluding hydrogens is 336 g/mol. The van der Waals surface area contributed by atoms with Gasteiger partial charge >= 0.3 is 0 Å². The number of aromatic nitrogens is 1.